The fraction of sp³-hybridized carbons (Fsp3) is 0.286. The Morgan fingerprint density at radius 1 is 1.30 bits per heavy atom. The Labute approximate surface area is 115 Å². The summed E-state index contributed by atoms with van der Waals surface area (Å²) in [6.07, 6.45) is -0.177. The number of hydrogen-bond acceptors (Lipinski definition) is 5. The Balaban J connectivity index is 1.94. The molecule has 1 N–H and O–H groups in total. The molecule has 0 unspecified atom stereocenters. The quantitative estimate of drug-likeness (QED) is 0.923. The van der Waals surface area contributed by atoms with Crippen molar-refractivity contribution in [3.63, 3.8) is 0 Å². The Kier molecular flexibility index (Phi) is 3.06. The van der Waals surface area contributed by atoms with Gasteiger partial charge in [0.25, 0.3) is 0 Å². The first kappa shape index (κ1) is 12.5. The lowest BCUT2D eigenvalue weighted by molar-refractivity contribution is -0.136. The molecule has 0 amide bonds. The summed E-state index contributed by atoms with van der Waals surface area (Å²) >= 11 is 0. The van der Waals surface area contributed by atoms with Crippen LogP contribution < -0.4 is 9.47 Å². The summed E-state index contributed by atoms with van der Waals surface area (Å²) in [5.41, 5.74) is 1.31. The van der Waals surface area contributed by atoms with Crippen LogP contribution in [0, 0.1) is 6.92 Å². The largest absolute Gasteiger partial charge is 0.486 e. The Hall–Kier alpha value is -2.50. The van der Waals surface area contributed by atoms with E-state index in [-0.39, 0.29) is 6.42 Å². The summed E-state index contributed by atoms with van der Waals surface area (Å²) in [6, 6.07) is 5.38. The van der Waals surface area contributed by atoms with Crippen LogP contribution in [-0.2, 0) is 11.2 Å². The van der Waals surface area contributed by atoms with Gasteiger partial charge in [-0.15, -0.1) is 0 Å². The van der Waals surface area contributed by atoms with Crippen LogP contribution in [0.2, 0.25) is 0 Å². The number of carbonyl (C=O) groups is 1. The summed E-state index contributed by atoms with van der Waals surface area (Å²) in [6.45, 7) is 2.77. The fourth-order valence-corrected chi connectivity index (χ4v) is 2.03. The lowest BCUT2D eigenvalue weighted by Gasteiger charge is -2.18. The number of ether oxygens (including phenoxy) is 2. The minimum atomic E-state index is -0.946. The first-order chi connectivity index (χ1) is 9.63. The predicted molar refractivity (Wildman–Crippen MR) is 69.0 cm³/mol. The predicted octanol–water partition coefficient (Wildman–Crippen LogP) is 2.05. The third-order valence-electron chi connectivity index (χ3n) is 2.99. The Bertz CT molecular complexity index is 662. The smallest absolute Gasteiger partial charge is 0.311 e. The van der Waals surface area contributed by atoms with Gasteiger partial charge in [0.1, 0.15) is 25.4 Å². The molecule has 1 aliphatic rings. The van der Waals surface area contributed by atoms with Gasteiger partial charge in [0, 0.05) is 5.56 Å². The summed E-state index contributed by atoms with van der Waals surface area (Å²) < 4.78 is 16.5. The van der Waals surface area contributed by atoms with Gasteiger partial charge in [0.05, 0.1) is 5.69 Å². The third kappa shape index (κ3) is 2.32. The highest BCUT2D eigenvalue weighted by Crippen LogP contribution is 2.34. The van der Waals surface area contributed by atoms with Gasteiger partial charge in [-0.3, -0.25) is 4.79 Å². The van der Waals surface area contributed by atoms with Crippen LogP contribution in [0.3, 0.4) is 0 Å². The van der Waals surface area contributed by atoms with Gasteiger partial charge < -0.3 is 19.0 Å². The molecule has 20 heavy (non-hydrogen) atoms. The highest BCUT2D eigenvalue weighted by atomic mass is 16.6. The molecule has 1 aromatic carbocycles. The molecule has 0 atom stereocenters. The molecule has 1 aliphatic heterocycles. The molecule has 0 spiro atoms. The van der Waals surface area contributed by atoms with Gasteiger partial charge in [0.2, 0.25) is 5.89 Å². The second-order valence-electron chi connectivity index (χ2n) is 4.46. The number of benzene rings is 1. The number of hydrogen-bond donors (Lipinski definition) is 1. The molecule has 0 saturated heterocycles. The average Bonchev–Trinajstić information content (AvgIpc) is 2.79. The molecule has 2 heterocycles. The molecule has 6 nitrogen and oxygen atoms in total. The second kappa shape index (κ2) is 4.88. The highest BCUT2D eigenvalue weighted by molar-refractivity contribution is 5.70. The topological polar surface area (TPSA) is 81.8 Å². The van der Waals surface area contributed by atoms with Crippen molar-refractivity contribution in [2.45, 2.75) is 13.3 Å². The van der Waals surface area contributed by atoms with Crippen LogP contribution in [0.5, 0.6) is 11.5 Å². The molecule has 0 fully saturated rings. The van der Waals surface area contributed by atoms with Crippen LogP contribution in [0.25, 0.3) is 11.5 Å². The zero-order valence-electron chi connectivity index (χ0n) is 10.9. The molecule has 0 radical (unpaired) electrons. The first-order valence-electron chi connectivity index (χ1n) is 6.21. The number of rotatable bonds is 3. The number of aliphatic carboxylic acids is 1. The average molecular weight is 275 g/mol. The van der Waals surface area contributed by atoms with Crippen LogP contribution in [-0.4, -0.2) is 29.3 Å². The second-order valence-corrected chi connectivity index (χ2v) is 4.46. The van der Waals surface area contributed by atoms with Gasteiger partial charge in [-0.1, -0.05) is 0 Å². The van der Waals surface area contributed by atoms with Crippen molar-refractivity contribution in [1.82, 2.24) is 4.98 Å². The van der Waals surface area contributed by atoms with Crippen molar-refractivity contribution in [3.05, 3.63) is 29.7 Å². The lowest BCUT2D eigenvalue weighted by atomic mass is 10.2. The molecule has 6 heteroatoms. The van der Waals surface area contributed by atoms with Crippen molar-refractivity contribution in [3.8, 4) is 23.0 Å². The van der Waals surface area contributed by atoms with Gasteiger partial charge in [-0.05, 0) is 25.1 Å². The SMILES string of the molecule is Cc1nc(-c2ccc3c(c2)OCCO3)oc1CC(=O)O. The van der Waals surface area contributed by atoms with E-state index >= 15 is 0 Å². The lowest BCUT2D eigenvalue weighted by Crippen LogP contribution is -2.15. The summed E-state index contributed by atoms with van der Waals surface area (Å²) in [7, 11) is 0. The minimum absolute atomic E-state index is 0.177. The molecular formula is C14H13NO5. The molecule has 1 aromatic heterocycles. The van der Waals surface area contributed by atoms with Crippen LogP contribution in [0.4, 0.5) is 0 Å². The van der Waals surface area contributed by atoms with Gasteiger partial charge in [-0.25, -0.2) is 4.98 Å². The Morgan fingerprint density at radius 3 is 2.80 bits per heavy atom. The molecule has 0 bridgehead atoms. The number of carboxylic acid groups (broad SMARTS) is 1. The normalized spacial score (nSPS) is 13.2. The van der Waals surface area contributed by atoms with E-state index in [4.69, 9.17) is 19.0 Å². The van der Waals surface area contributed by atoms with Crippen molar-refractivity contribution >= 4 is 5.97 Å². The van der Waals surface area contributed by atoms with Crippen LogP contribution in [0.1, 0.15) is 11.5 Å². The van der Waals surface area contributed by atoms with E-state index in [1.54, 1.807) is 19.1 Å². The van der Waals surface area contributed by atoms with E-state index in [9.17, 15) is 4.79 Å². The number of oxazole rings is 1. The maximum atomic E-state index is 10.7. The van der Waals surface area contributed by atoms with E-state index < -0.39 is 5.97 Å². The minimum Gasteiger partial charge on any atom is -0.486 e. The molecule has 2 aromatic rings. The third-order valence-corrected chi connectivity index (χ3v) is 2.99. The monoisotopic (exact) mass is 275 g/mol. The van der Waals surface area contributed by atoms with E-state index in [0.29, 0.717) is 42.1 Å². The summed E-state index contributed by atoms with van der Waals surface area (Å²) in [5, 5.41) is 8.80. The molecule has 104 valence electrons. The van der Waals surface area contributed by atoms with Gasteiger partial charge in [-0.2, -0.15) is 0 Å². The highest BCUT2D eigenvalue weighted by Gasteiger charge is 2.17. The maximum absolute atomic E-state index is 10.7. The maximum Gasteiger partial charge on any atom is 0.311 e. The fourth-order valence-electron chi connectivity index (χ4n) is 2.03. The number of nitrogens with zero attached hydrogens (tertiary/aromatic N) is 1. The van der Waals surface area contributed by atoms with Crippen molar-refractivity contribution in [2.75, 3.05) is 13.2 Å². The molecular weight excluding hydrogens is 262 g/mol. The van der Waals surface area contributed by atoms with Crippen LogP contribution in [0.15, 0.2) is 22.6 Å². The molecule has 0 saturated carbocycles. The Morgan fingerprint density at radius 2 is 2.05 bits per heavy atom. The standard InChI is InChI=1S/C14H13NO5/c1-8-11(7-13(16)17)20-14(15-8)9-2-3-10-12(6-9)19-5-4-18-10/h2-3,6H,4-5,7H2,1H3,(H,16,17). The first-order valence-corrected chi connectivity index (χ1v) is 6.21. The zero-order valence-corrected chi connectivity index (χ0v) is 10.9. The number of carboxylic acids is 1. The van der Waals surface area contributed by atoms with Crippen molar-refractivity contribution < 1.29 is 23.8 Å². The van der Waals surface area contributed by atoms with Crippen molar-refractivity contribution in [1.29, 1.82) is 0 Å². The zero-order chi connectivity index (χ0) is 14.1. The van der Waals surface area contributed by atoms with Crippen LogP contribution >= 0.6 is 0 Å². The molecule has 0 aliphatic carbocycles. The van der Waals surface area contributed by atoms with Gasteiger partial charge >= 0.3 is 5.97 Å². The summed E-state index contributed by atoms with van der Waals surface area (Å²) in [4.78, 5) is 15.0. The van der Waals surface area contributed by atoms with E-state index in [1.165, 1.54) is 0 Å². The number of fused-ring (bicyclic) bond motifs is 1. The molecule has 3 rings (SSSR count). The van der Waals surface area contributed by atoms with Crippen molar-refractivity contribution in [2.24, 2.45) is 0 Å². The van der Waals surface area contributed by atoms with Gasteiger partial charge in [0.15, 0.2) is 11.5 Å². The number of aromatic nitrogens is 1. The van der Waals surface area contributed by atoms with E-state index in [0.717, 1.165) is 5.56 Å². The summed E-state index contributed by atoms with van der Waals surface area (Å²) in [5.74, 6) is 1.13. The van der Waals surface area contributed by atoms with E-state index in [2.05, 4.69) is 4.98 Å². The number of aryl methyl sites for hydroxylation is 1. The van der Waals surface area contributed by atoms with E-state index in [1.807, 2.05) is 6.07 Å².